The van der Waals surface area contributed by atoms with Crippen molar-refractivity contribution in [1.82, 2.24) is 4.98 Å². The Morgan fingerprint density at radius 1 is 1.64 bits per heavy atom. The van der Waals surface area contributed by atoms with E-state index in [1.807, 2.05) is 0 Å². The minimum Gasteiger partial charge on any atom is -0.327 e. The average molecular weight is 154 g/mol. The molecule has 0 saturated carbocycles. The lowest BCUT2D eigenvalue weighted by Gasteiger charge is -2.16. The second kappa shape index (κ2) is 2.96. The number of hydrogen-bond acceptors (Lipinski definition) is 2. The molecule has 0 aliphatic heterocycles. The van der Waals surface area contributed by atoms with E-state index in [-0.39, 0.29) is 6.54 Å². The largest absolute Gasteiger partial charge is 0.327 e. The highest BCUT2D eigenvalue weighted by molar-refractivity contribution is 5.12. The molecule has 0 unspecified atom stereocenters. The van der Waals surface area contributed by atoms with E-state index < -0.39 is 5.67 Å². The summed E-state index contributed by atoms with van der Waals surface area (Å²) in [5.41, 5.74) is 4.12. The van der Waals surface area contributed by atoms with E-state index in [0.29, 0.717) is 5.69 Å². The minimum absolute atomic E-state index is 0.0377. The molecule has 1 aromatic rings. The molecule has 0 aromatic carbocycles. The molecular formula is C8H11FN2. The molecular weight excluding hydrogens is 143 g/mol. The first-order valence-electron chi connectivity index (χ1n) is 3.47. The van der Waals surface area contributed by atoms with Gasteiger partial charge in [0.05, 0.1) is 5.69 Å². The first-order chi connectivity index (χ1) is 5.17. The topological polar surface area (TPSA) is 38.9 Å². The molecule has 1 rings (SSSR count). The molecule has 0 amide bonds. The zero-order chi connectivity index (χ0) is 8.32. The van der Waals surface area contributed by atoms with Crippen molar-refractivity contribution < 1.29 is 4.39 Å². The fourth-order valence-electron chi connectivity index (χ4n) is 0.776. The average Bonchev–Trinajstić information content (AvgIpc) is 2.06. The molecule has 3 heteroatoms. The molecule has 1 aromatic heterocycles. The number of aromatic nitrogens is 1. The standard InChI is InChI=1S/C8H11FN2/c1-8(9,6-10)7-4-2-3-5-11-7/h2-5H,6,10H2,1H3/t8-/m0/s1. The fourth-order valence-corrected chi connectivity index (χ4v) is 0.776. The molecule has 0 saturated heterocycles. The molecule has 11 heavy (non-hydrogen) atoms. The van der Waals surface area contributed by atoms with Crippen LogP contribution in [0.5, 0.6) is 0 Å². The van der Waals surface area contributed by atoms with Crippen molar-refractivity contribution in [1.29, 1.82) is 0 Å². The highest BCUT2D eigenvalue weighted by Crippen LogP contribution is 2.20. The van der Waals surface area contributed by atoms with Crippen LogP contribution >= 0.6 is 0 Å². The van der Waals surface area contributed by atoms with Gasteiger partial charge in [-0.25, -0.2) is 4.39 Å². The number of halogens is 1. The molecule has 1 atom stereocenters. The Balaban J connectivity index is 2.93. The number of pyridine rings is 1. The van der Waals surface area contributed by atoms with Crippen molar-refractivity contribution in [2.75, 3.05) is 6.54 Å². The van der Waals surface area contributed by atoms with Gasteiger partial charge in [-0.05, 0) is 19.1 Å². The van der Waals surface area contributed by atoms with E-state index in [9.17, 15) is 4.39 Å². The zero-order valence-electron chi connectivity index (χ0n) is 6.42. The summed E-state index contributed by atoms with van der Waals surface area (Å²) in [5, 5.41) is 0. The van der Waals surface area contributed by atoms with E-state index in [1.165, 1.54) is 6.92 Å². The minimum atomic E-state index is -1.50. The lowest BCUT2D eigenvalue weighted by molar-refractivity contribution is 0.196. The zero-order valence-corrected chi connectivity index (χ0v) is 6.42. The van der Waals surface area contributed by atoms with Gasteiger partial charge in [-0.3, -0.25) is 4.98 Å². The van der Waals surface area contributed by atoms with Gasteiger partial charge in [0.15, 0.2) is 5.67 Å². The SMILES string of the molecule is C[C@](F)(CN)c1ccccn1. The second-order valence-corrected chi connectivity index (χ2v) is 2.62. The number of alkyl halides is 1. The van der Waals surface area contributed by atoms with E-state index in [4.69, 9.17) is 5.73 Å². The van der Waals surface area contributed by atoms with E-state index in [1.54, 1.807) is 24.4 Å². The Bertz CT molecular complexity index is 221. The van der Waals surface area contributed by atoms with E-state index in [2.05, 4.69) is 4.98 Å². The van der Waals surface area contributed by atoms with Crippen LogP contribution in [0.4, 0.5) is 4.39 Å². The van der Waals surface area contributed by atoms with Crippen LogP contribution in [0.1, 0.15) is 12.6 Å². The Morgan fingerprint density at radius 2 is 2.36 bits per heavy atom. The summed E-state index contributed by atoms with van der Waals surface area (Å²) >= 11 is 0. The van der Waals surface area contributed by atoms with Crippen molar-refractivity contribution in [3.63, 3.8) is 0 Å². The molecule has 1 heterocycles. The van der Waals surface area contributed by atoms with Gasteiger partial charge in [0.1, 0.15) is 0 Å². The van der Waals surface area contributed by atoms with Gasteiger partial charge in [0.25, 0.3) is 0 Å². The summed E-state index contributed by atoms with van der Waals surface area (Å²) in [6.45, 7) is 1.39. The molecule has 2 N–H and O–H groups in total. The molecule has 0 aliphatic rings. The number of nitrogens with two attached hydrogens (primary N) is 1. The summed E-state index contributed by atoms with van der Waals surface area (Å²) in [5.74, 6) is 0. The molecule has 0 spiro atoms. The number of hydrogen-bond donors (Lipinski definition) is 1. The second-order valence-electron chi connectivity index (χ2n) is 2.62. The fraction of sp³-hybridized carbons (Fsp3) is 0.375. The maximum atomic E-state index is 13.4. The third-order valence-electron chi connectivity index (χ3n) is 1.58. The molecule has 60 valence electrons. The van der Waals surface area contributed by atoms with Crippen molar-refractivity contribution in [2.45, 2.75) is 12.6 Å². The van der Waals surface area contributed by atoms with Gasteiger partial charge in [-0.15, -0.1) is 0 Å². The van der Waals surface area contributed by atoms with Gasteiger partial charge in [0, 0.05) is 12.7 Å². The maximum Gasteiger partial charge on any atom is 0.162 e. The van der Waals surface area contributed by atoms with Crippen molar-refractivity contribution in [3.8, 4) is 0 Å². The summed E-state index contributed by atoms with van der Waals surface area (Å²) in [6.07, 6.45) is 1.56. The van der Waals surface area contributed by atoms with Gasteiger partial charge in [-0.2, -0.15) is 0 Å². The van der Waals surface area contributed by atoms with Crippen LogP contribution in [0.15, 0.2) is 24.4 Å². The highest BCUT2D eigenvalue weighted by atomic mass is 19.1. The molecule has 0 fully saturated rings. The summed E-state index contributed by atoms with van der Waals surface area (Å²) < 4.78 is 13.4. The van der Waals surface area contributed by atoms with Crippen LogP contribution in [-0.2, 0) is 5.67 Å². The quantitative estimate of drug-likeness (QED) is 0.695. The third kappa shape index (κ3) is 1.74. The van der Waals surface area contributed by atoms with Gasteiger partial charge in [0.2, 0.25) is 0 Å². The van der Waals surface area contributed by atoms with Crippen LogP contribution in [0, 0.1) is 0 Å². The van der Waals surface area contributed by atoms with Gasteiger partial charge in [-0.1, -0.05) is 6.07 Å². The molecule has 2 nitrogen and oxygen atoms in total. The Labute approximate surface area is 65.3 Å². The lowest BCUT2D eigenvalue weighted by atomic mass is 10.0. The van der Waals surface area contributed by atoms with Crippen LogP contribution in [0.2, 0.25) is 0 Å². The lowest BCUT2D eigenvalue weighted by Crippen LogP contribution is -2.27. The first kappa shape index (κ1) is 8.14. The summed E-state index contributed by atoms with van der Waals surface area (Å²) in [7, 11) is 0. The summed E-state index contributed by atoms with van der Waals surface area (Å²) in [4.78, 5) is 3.87. The predicted octanol–water partition coefficient (Wildman–Crippen LogP) is 1.23. The summed E-state index contributed by atoms with van der Waals surface area (Å²) in [6, 6.07) is 5.12. The van der Waals surface area contributed by atoms with Crippen LogP contribution in [0.25, 0.3) is 0 Å². The third-order valence-corrected chi connectivity index (χ3v) is 1.58. The Hall–Kier alpha value is -0.960. The molecule has 0 aliphatic carbocycles. The normalized spacial score (nSPS) is 15.9. The van der Waals surface area contributed by atoms with Crippen molar-refractivity contribution >= 4 is 0 Å². The van der Waals surface area contributed by atoms with Gasteiger partial charge < -0.3 is 5.73 Å². The van der Waals surface area contributed by atoms with Crippen LogP contribution < -0.4 is 5.73 Å². The van der Waals surface area contributed by atoms with Crippen LogP contribution in [-0.4, -0.2) is 11.5 Å². The molecule has 0 radical (unpaired) electrons. The Kier molecular flexibility index (Phi) is 2.19. The Morgan fingerprint density at radius 3 is 2.82 bits per heavy atom. The number of rotatable bonds is 2. The monoisotopic (exact) mass is 154 g/mol. The predicted molar refractivity (Wildman–Crippen MR) is 41.8 cm³/mol. The highest BCUT2D eigenvalue weighted by Gasteiger charge is 2.24. The van der Waals surface area contributed by atoms with Crippen molar-refractivity contribution in [3.05, 3.63) is 30.1 Å². The van der Waals surface area contributed by atoms with E-state index in [0.717, 1.165) is 0 Å². The first-order valence-corrected chi connectivity index (χ1v) is 3.47. The number of nitrogens with zero attached hydrogens (tertiary/aromatic N) is 1. The maximum absolute atomic E-state index is 13.4. The van der Waals surface area contributed by atoms with E-state index >= 15 is 0 Å². The van der Waals surface area contributed by atoms with Crippen molar-refractivity contribution in [2.24, 2.45) is 5.73 Å². The van der Waals surface area contributed by atoms with Crippen LogP contribution in [0.3, 0.4) is 0 Å². The smallest absolute Gasteiger partial charge is 0.162 e. The molecule has 0 bridgehead atoms. The van der Waals surface area contributed by atoms with Gasteiger partial charge >= 0.3 is 0 Å².